The number of aromatic nitrogens is 4. The van der Waals surface area contributed by atoms with Gasteiger partial charge in [-0.25, -0.2) is 4.98 Å². The highest BCUT2D eigenvalue weighted by atomic mass is 32.2. The van der Waals surface area contributed by atoms with Gasteiger partial charge in [0.2, 0.25) is 5.91 Å². The van der Waals surface area contributed by atoms with Crippen LogP contribution in [0.25, 0.3) is 11.3 Å². The standard InChI is InChI=1S/C25H27N5O2S2/c1-5-30-22(13-18-7-10-20(32-4)11-8-18)28-29-25(30)34-15-23(31)27-24-26-21(14-33-24)19-9-6-16(2)17(3)12-19/h6-12,14H,5,13,15H2,1-4H3,(H,26,27,31). The third-order valence-corrected chi connectivity index (χ3v) is 7.24. The highest BCUT2D eigenvalue weighted by Gasteiger charge is 2.15. The van der Waals surface area contributed by atoms with Crippen LogP contribution in [0, 0.1) is 13.8 Å². The van der Waals surface area contributed by atoms with Gasteiger partial charge < -0.3 is 14.6 Å². The average molecular weight is 494 g/mol. The van der Waals surface area contributed by atoms with E-state index < -0.39 is 0 Å². The number of carbonyl (C=O) groups excluding carboxylic acids is 1. The molecule has 2 aromatic heterocycles. The molecule has 0 bridgehead atoms. The maximum absolute atomic E-state index is 12.6. The number of thioether (sulfide) groups is 1. The summed E-state index contributed by atoms with van der Waals surface area (Å²) >= 11 is 2.80. The lowest BCUT2D eigenvalue weighted by atomic mass is 10.1. The number of benzene rings is 2. The van der Waals surface area contributed by atoms with E-state index in [0.717, 1.165) is 40.1 Å². The van der Waals surface area contributed by atoms with E-state index in [1.54, 1.807) is 7.11 Å². The van der Waals surface area contributed by atoms with Crippen molar-refractivity contribution in [1.29, 1.82) is 0 Å². The van der Waals surface area contributed by atoms with E-state index in [-0.39, 0.29) is 11.7 Å². The molecule has 2 heterocycles. The summed E-state index contributed by atoms with van der Waals surface area (Å²) in [6.45, 7) is 6.95. The lowest BCUT2D eigenvalue weighted by molar-refractivity contribution is -0.113. The van der Waals surface area contributed by atoms with Crippen LogP contribution >= 0.6 is 23.1 Å². The van der Waals surface area contributed by atoms with Crippen LogP contribution in [0.1, 0.15) is 29.4 Å². The van der Waals surface area contributed by atoms with Gasteiger partial charge in [-0.15, -0.1) is 21.5 Å². The van der Waals surface area contributed by atoms with E-state index in [0.29, 0.717) is 11.6 Å². The molecule has 1 amide bonds. The Bertz CT molecular complexity index is 1280. The van der Waals surface area contributed by atoms with Crippen LogP contribution in [0.15, 0.2) is 53.0 Å². The van der Waals surface area contributed by atoms with E-state index in [1.807, 2.05) is 34.2 Å². The molecule has 0 atom stereocenters. The fraction of sp³-hybridized carbons (Fsp3) is 0.280. The van der Waals surface area contributed by atoms with Gasteiger partial charge >= 0.3 is 0 Å². The molecule has 0 unspecified atom stereocenters. The van der Waals surface area contributed by atoms with Crippen molar-refractivity contribution < 1.29 is 9.53 Å². The quantitative estimate of drug-likeness (QED) is 0.316. The Morgan fingerprint density at radius 3 is 2.62 bits per heavy atom. The Balaban J connectivity index is 1.35. The van der Waals surface area contributed by atoms with Gasteiger partial charge in [0.1, 0.15) is 11.6 Å². The lowest BCUT2D eigenvalue weighted by Gasteiger charge is -2.08. The van der Waals surface area contributed by atoms with Crippen molar-refractivity contribution in [1.82, 2.24) is 19.7 Å². The predicted octanol–water partition coefficient (Wildman–Crippen LogP) is 5.37. The first kappa shape index (κ1) is 24.0. The highest BCUT2D eigenvalue weighted by molar-refractivity contribution is 7.99. The molecule has 2 aromatic carbocycles. The zero-order valence-corrected chi connectivity index (χ0v) is 21.3. The number of hydrogen-bond donors (Lipinski definition) is 1. The molecule has 0 spiro atoms. The van der Waals surface area contributed by atoms with Crippen LogP contribution in [0.5, 0.6) is 5.75 Å². The molecule has 0 radical (unpaired) electrons. The van der Waals surface area contributed by atoms with E-state index in [4.69, 9.17) is 4.74 Å². The summed E-state index contributed by atoms with van der Waals surface area (Å²) in [5.41, 5.74) is 5.51. The molecule has 0 saturated heterocycles. The summed E-state index contributed by atoms with van der Waals surface area (Å²) in [5, 5.41) is 14.9. The van der Waals surface area contributed by atoms with Gasteiger partial charge in [-0.2, -0.15) is 0 Å². The minimum absolute atomic E-state index is 0.117. The van der Waals surface area contributed by atoms with Crippen LogP contribution in [0.3, 0.4) is 0 Å². The Hall–Kier alpha value is -3.17. The Kier molecular flexibility index (Phi) is 7.64. The van der Waals surface area contributed by atoms with Gasteiger partial charge in [0, 0.05) is 23.9 Å². The molecule has 4 aromatic rings. The van der Waals surface area contributed by atoms with Crippen molar-refractivity contribution >= 4 is 34.1 Å². The lowest BCUT2D eigenvalue weighted by Crippen LogP contribution is -2.14. The molecular formula is C25H27N5O2S2. The molecule has 0 saturated carbocycles. The van der Waals surface area contributed by atoms with Crippen molar-refractivity contribution in [3.63, 3.8) is 0 Å². The van der Waals surface area contributed by atoms with Gasteiger partial charge in [-0.05, 0) is 55.7 Å². The number of amides is 1. The van der Waals surface area contributed by atoms with Gasteiger partial charge in [0.15, 0.2) is 10.3 Å². The molecule has 7 nitrogen and oxygen atoms in total. The van der Waals surface area contributed by atoms with Gasteiger partial charge in [0.05, 0.1) is 18.6 Å². The molecule has 0 aliphatic rings. The van der Waals surface area contributed by atoms with Crippen molar-refractivity contribution in [2.45, 2.75) is 38.9 Å². The predicted molar refractivity (Wildman–Crippen MR) is 138 cm³/mol. The van der Waals surface area contributed by atoms with Crippen molar-refractivity contribution in [2.24, 2.45) is 0 Å². The monoisotopic (exact) mass is 493 g/mol. The van der Waals surface area contributed by atoms with Crippen LogP contribution in [-0.2, 0) is 17.8 Å². The SMILES string of the molecule is CCn1c(Cc2ccc(OC)cc2)nnc1SCC(=O)Nc1nc(-c2ccc(C)c(C)c2)cs1. The molecule has 0 aliphatic heterocycles. The fourth-order valence-electron chi connectivity index (χ4n) is 3.45. The van der Waals surface area contributed by atoms with Crippen molar-refractivity contribution in [3.05, 3.63) is 70.4 Å². The number of rotatable bonds is 9. The minimum atomic E-state index is -0.117. The first-order valence-corrected chi connectivity index (χ1v) is 12.8. The second-order valence-corrected chi connectivity index (χ2v) is 9.64. The highest BCUT2D eigenvalue weighted by Crippen LogP contribution is 2.27. The number of anilines is 1. The first-order valence-electron chi connectivity index (χ1n) is 11.0. The van der Waals surface area contributed by atoms with Crippen LogP contribution in [0.4, 0.5) is 5.13 Å². The smallest absolute Gasteiger partial charge is 0.236 e. The summed E-state index contributed by atoms with van der Waals surface area (Å²) in [4.78, 5) is 17.1. The van der Waals surface area contributed by atoms with E-state index in [1.165, 1.54) is 34.2 Å². The molecule has 176 valence electrons. The van der Waals surface area contributed by atoms with Crippen molar-refractivity contribution in [2.75, 3.05) is 18.2 Å². The topological polar surface area (TPSA) is 81.9 Å². The average Bonchev–Trinajstić information content (AvgIpc) is 3.46. The van der Waals surface area contributed by atoms with Crippen LogP contribution in [0.2, 0.25) is 0 Å². The molecule has 4 rings (SSSR count). The largest absolute Gasteiger partial charge is 0.497 e. The molecule has 9 heteroatoms. The number of aryl methyl sites for hydroxylation is 2. The number of carbonyl (C=O) groups is 1. The minimum Gasteiger partial charge on any atom is -0.497 e. The Morgan fingerprint density at radius 2 is 1.91 bits per heavy atom. The van der Waals surface area contributed by atoms with Crippen LogP contribution < -0.4 is 10.1 Å². The fourth-order valence-corrected chi connectivity index (χ4v) is 5.01. The van der Waals surface area contributed by atoms with E-state index in [9.17, 15) is 4.79 Å². The zero-order valence-electron chi connectivity index (χ0n) is 19.7. The van der Waals surface area contributed by atoms with E-state index >= 15 is 0 Å². The maximum atomic E-state index is 12.6. The third-order valence-electron chi connectivity index (χ3n) is 5.52. The first-order chi connectivity index (χ1) is 16.5. The number of ether oxygens (including phenoxy) is 1. The van der Waals surface area contributed by atoms with E-state index in [2.05, 4.69) is 59.5 Å². The second-order valence-electron chi connectivity index (χ2n) is 7.84. The molecule has 0 fully saturated rings. The summed E-state index contributed by atoms with van der Waals surface area (Å²) in [6, 6.07) is 14.2. The van der Waals surface area contributed by atoms with Gasteiger partial charge in [-0.1, -0.05) is 36.0 Å². The normalized spacial score (nSPS) is 10.9. The molecular weight excluding hydrogens is 466 g/mol. The number of nitrogens with one attached hydrogen (secondary N) is 1. The van der Waals surface area contributed by atoms with Crippen molar-refractivity contribution in [3.8, 4) is 17.0 Å². The number of methoxy groups -OCH3 is 1. The number of hydrogen-bond acceptors (Lipinski definition) is 7. The van der Waals surface area contributed by atoms with Crippen LogP contribution in [-0.4, -0.2) is 38.5 Å². The zero-order chi connectivity index (χ0) is 24.1. The molecule has 1 N–H and O–H groups in total. The molecule has 34 heavy (non-hydrogen) atoms. The second kappa shape index (κ2) is 10.8. The summed E-state index contributed by atoms with van der Waals surface area (Å²) in [6.07, 6.45) is 0.665. The summed E-state index contributed by atoms with van der Waals surface area (Å²) in [5.74, 6) is 1.81. The number of thiazole rings is 1. The number of nitrogens with zero attached hydrogens (tertiary/aromatic N) is 4. The Morgan fingerprint density at radius 1 is 1.12 bits per heavy atom. The Labute approximate surface area is 207 Å². The third kappa shape index (κ3) is 5.66. The maximum Gasteiger partial charge on any atom is 0.236 e. The van der Waals surface area contributed by atoms with Gasteiger partial charge in [0.25, 0.3) is 0 Å². The molecule has 0 aliphatic carbocycles. The summed E-state index contributed by atoms with van der Waals surface area (Å²) in [7, 11) is 1.65. The van der Waals surface area contributed by atoms with Gasteiger partial charge in [-0.3, -0.25) is 4.79 Å². The summed E-state index contributed by atoms with van der Waals surface area (Å²) < 4.78 is 7.26.